The van der Waals surface area contributed by atoms with Crippen molar-refractivity contribution in [2.75, 3.05) is 19.7 Å². The summed E-state index contributed by atoms with van der Waals surface area (Å²) in [7, 11) is -3.70. The van der Waals surface area contributed by atoms with Crippen LogP contribution in [-0.4, -0.2) is 51.1 Å². The van der Waals surface area contributed by atoms with Crippen LogP contribution in [0, 0.1) is 17.7 Å². The van der Waals surface area contributed by atoms with Crippen molar-refractivity contribution in [2.45, 2.75) is 43.5 Å². The van der Waals surface area contributed by atoms with Crippen LogP contribution in [0.25, 0.3) is 0 Å². The minimum absolute atomic E-state index is 0.0143. The van der Waals surface area contributed by atoms with Gasteiger partial charge in [-0.3, -0.25) is 9.59 Å². The van der Waals surface area contributed by atoms with Gasteiger partial charge in [0.15, 0.2) is 0 Å². The number of carbonyl (C=O) groups is 2. The van der Waals surface area contributed by atoms with E-state index in [2.05, 4.69) is 15.4 Å². The van der Waals surface area contributed by atoms with Crippen LogP contribution in [0.3, 0.4) is 0 Å². The number of hydrogen-bond acceptors (Lipinski definition) is 5. The number of hydrogen-bond donors (Lipinski definition) is 4. The van der Waals surface area contributed by atoms with Gasteiger partial charge in [0.1, 0.15) is 11.9 Å². The zero-order valence-electron chi connectivity index (χ0n) is 16.4. The van der Waals surface area contributed by atoms with Gasteiger partial charge in [0.2, 0.25) is 21.8 Å². The summed E-state index contributed by atoms with van der Waals surface area (Å²) in [6.07, 6.45) is 2.60. The van der Waals surface area contributed by atoms with Crippen molar-refractivity contribution < 1.29 is 27.5 Å². The van der Waals surface area contributed by atoms with Gasteiger partial charge in [-0.15, -0.1) is 0 Å². The maximum Gasteiger partial charge on any atom is 0.242 e. The zero-order valence-corrected chi connectivity index (χ0v) is 17.2. The van der Waals surface area contributed by atoms with Crippen molar-refractivity contribution in [3.05, 3.63) is 30.1 Å². The van der Waals surface area contributed by atoms with E-state index in [4.69, 9.17) is 5.11 Å². The fraction of sp³-hybridized carbons (Fsp3) is 0.579. The van der Waals surface area contributed by atoms with E-state index in [9.17, 15) is 22.4 Å². The van der Waals surface area contributed by atoms with Gasteiger partial charge >= 0.3 is 0 Å². The molecule has 0 spiro atoms. The van der Waals surface area contributed by atoms with Crippen LogP contribution < -0.4 is 15.4 Å². The van der Waals surface area contributed by atoms with Gasteiger partial charge in [0, 0.05) is 19.0 Å². The molecule has 1 aliphatic rings. The van der Waals surface area contributed by atoms with Crippen LogP contribution in [-0.2, 0) is 19.6 Å². The van der Waals surface area contributed by atoms with E-state index >= 15 is 0 Å². The minimum Gasteiger partial charge on any atom is -0.395 e. The Morgan fingerprint density at radius 2 is 1.79 bits per heavy atom. The topological polar surface area (TPSA) is 125 Å². The van der Waals surface area contributed by atoms with Gasteiger partial charge in [0.25, 0.3) is 0 Å². The molecule has 1 fully saturated rings. The molecule has 162 valence electrons. The van der Waals surface area contributed by atoms with E-state index in [0.29, 0.717) is 25.7 Å². The molecule has 1 aromatic rings. The predicted octanol–water partition coefficient (Wildman–Crippen LogP) is 0.524. The first kappa shape index (κ1) is 23.2. The summed E-state index contributed by atoms with van der Waals surface area (Å²) in [5.74, 6) is -1.15. The Balaban J connectivity index is 1.76. The van der Waals surface area contributed by atoms with Crippen LogP contribution in [0.5, 0.6) is 0 Å². The van der Waals surface area contributed by atoms with Crippen LogP contribution in [0.1, 0.15) is 32.6 Å². The lowest BCUT2D eigenvalue weighted by atomic mass is 9.81. The lowest BCUT2D eigenvalue weighted by Gasteiger charge is -2.28. The van der Waals surface area contributed by atoms with E-state index < -0.39 is 21.9 Å². The molecule has 0 aliphatic heterocycles. The first-order chi connectivity index (χ1) is 13.7. The molecule has 0 bridgehead atoms. The highest BCUT2D eigenvalue weighted by Gasteiger charge is 2.28. The van der Waals surface area contributed by atoms with Crippen LogP contribution >= 0.6 is 0 Å². The van der Waals surface area contributed by atoms with E-state index in [1.807, 2.05) is 0 Å². The predicted molar refractivity (Wildman–Crippen MR) is 105 cm³/mol. The summed E-state index contributed by atoms with van der Waals surface area (Å²) >= 11 is 0. The summed E-state index contributed by atoms with van der Waals surface area (Å²) in [4.78, 5) is 24.1. The summed E-state index contributed by atoms with van der Waals surface area (Å²) in [5, 5.41) is 13.9. The van der Waals surface area contributed by atoms with Crippen molar-refractivity contribution in [1.29, 1.82) is 0 Å². The second-order valence-electron chi connectivity index (χ2n) is 7.27. The van der Waals surface area contributed by atoms with Crippen molar-refractivity contribution in [3.8, 4) is 0 Å². The summed E-state index contributed by atoms with van der Waals surface area (Å²) in [6.45, 7) is 1.81. The number of halogens is 1. The Kier molecular flexibility index (Phi) is 8.54. The molecular formula is C19H28FN3O5S. The zero-order chi connectivity index (χ0) is 21.4. The largest absolute Gasteiger partial charge is 0.395 e. The molecule has 0 heterocycles. The Morgan fingerprint density at radius 1 is 1.17 bits per heavy atom. The highest BCUT2D eigenvalue weighted by Crippen LogP contribution is 2.29. The second-order valence-corrected chi connectivity index (χ2v) is 9.04. The molecule has 1 aliphatic carbocycles. The third-order valence-electron chi connectivity index (χ3n) is 5.07. The van der Waals surface area contributed by atoms with E-state index in [1.54, 1.807) is 6.92 Å². The molecule has 1 aromatic carbocycles. The van der Waals surface area contributed by atoms with Crippen molar-refractivity contribution in [3.63, 3.8) is 0 Å². The molecule has 1 atom stereocenters. The van der Waals surface area contributed by atoms with Gasteiger partial charge in [-0.1, -0.05) is 0 Å². The molecule has 1 unspecified atom stereocenters. The standard InChI is InChI=1S/C19H28FN3O5S/c1-13(18(25)21-10-11-24)23-19(26)15-4-2-14(3-5-15)12-22-29(27,28)17-8-6-16(20)7-9-17/h6-9,13-15,22,24H,2-5,10-12H2,1H3,(H,21,25)(H,23,26). The number of aliphatic hydroxyl groups is 1. The monoisotopic (exact) mass is 429 g/mol. The number of aliphatic hydroxyl groups excluding tert-OH is 1. The first-order valence-electron chi connectivity index (χ1n) is 9.67. The number of rotatable bonds is 9. The Bertz CT molecular complexity index is 793. The van der Waals surface area contributed by atoms with Gasteiger partial charge in [-0.05, 0) is 62.8 Å². The third kappa shape index (κ3) is 7.06. The van der Waals surface area contributed by atoms with Gasteiger partial charge in [0.05, 0.1) is 11.5 Å². The number of benzene rings is 1. The Morgan fingerprint density at radius 3 is 2.38 bits per heavy atom. The maximum absolute atomic E-state index is 13.0. The van der Waals surface area contributed by atoms with Crippen LogP contribution in [0.2, 0.25) is 0 Å². The van der Waals surface area contributed by atoms with Gasteiger partial charge < -0.3 is 15.7 Å². The van der Waals surface area contributed by atoms with Crippen molar-refractivity contribution >= 4 is 21.8 Å². The molecule has 10 heteroatoms. The number of nitrogens with one attached hydrogen (secondary N) is 3. The van der Waals surface area contributed by atoms with E-state index in [-0.39, 0.29) is 48.2 Å². The minimum atomic E-state index is -3.70. The number of sulfonamides is 1. The first-order valence-corrected chi connectivity index (χ1v) is 11.2. The summed E-state index contributed by atoms with van der Waals surface area (Å²) in [5.41, 5.74) is 0. The summed E-state index contributed by atoms with van der Waals surface area (Å²) in [6, 6.07) is 3.95. The lowest BCUT2D eigenvalue weighted by Crippen LogP contribution is -2.47. The molecule has 1 saturated carbocycles. The van der Waals surface area contributed by atoms with Crippen LogP contribution in [0.4, 0.5) is 4.39 Å². The smallest absolute Gasteiger partial charge is 0.242 e. The fourth-order valence-electron chi connectivity index (χ4n) is 3.28. The van der Waals surface area contributed by atoms with Crippen molar-refractivity contribution in [2.24, 2.45) is 11.8 Å². The Labute approximate surface area is 170 Å². The summed E-state index contributed by atoms with van der Waals surface area (Å²) < 4.78 is 40.0. The van der Waals surface area contributed by atoms with Crippen molar-refractivity contribution in [1.82, 2.24) is 15.4 Å². The van der Waals surface area contributed by atoms with Crippen LogP contribution in [0.15, 0.2) is 29.2 Å². The molecule has 0 aromatic heterocycles. The molecule has 29 heavy (non-hydrogen) atoms. The highest BCUT2D eigenvalue weighted by atomic mass is 32.2. The highest BCUT2D eigenvalue weighted by molar-refractivity contribution is 7.89. The SMILES string of the molecule is CC(NC(=O)C1CCC(CNS(=O)(=O)c2ccc(F)cc2)CC1)C(=O)NCCO. The molecule has 0 radical (unpaired) electrons. The quantitative estimate of drug-likeness (QED) is 0.456. The number of amides is 2. The normalized spacial score (nSPS) is 20.7. The number of carbonyl (C=O) groups excluding carboxylic acids is 2. The van der Waals surface area contributed by atoms with E-state index in [0.717, 1.165) is 12.1 Å². The van der Waals surface area contributed by atoms with E-state index in [1.165, 1.54) is 12.1 Å². The molecule has 4 N–H and O–H groups in total. The third-order valence-corrected chi connectivity index (χ3v) is 6.51. The fourth-order valence-corrected chi connectivity index (χ4v) is 4.40. The molecular weight excluding hydrogens is 401 g/mol. The maximum atomic E-state index is 13.0. The molecule has 8 nitrogen and oxygen atoms in total. The molecule has 2 amide bonds. The molecule has 0 saturated heterocycles. The second kappa shape index (κ2) is 10.7. The average Bonchev–Trinajstić information content (AvgIpc) is 2.71. The molecule has 2 rings (SSSR count). The Hall–Kier alpha value is -2.04. The van der Waals surface area contributed by atoms with Gasteiger partial charge in [-0.2, -0.15) is 0 Å². The average molecular weight is 430 g/mol. The lowest BCUT2D eigenvalue weighted by molar-refractivity contribution is -0.131. The van der Waals surface area contributed by atoms with Gasteiger partial charge in [-0.25, -0.2) is 17.5 Å².